The van der Waals surface area contributed by atoms with Crippen molar-refractivity contribution in [1.29, 1.82) is 0 Å². The number of rotatable bonds is 3. The molecule has 1 aliphatic rings. The highest BCUT2D eigenvalue weighted by atomic mass is 16.5. The second kappa shape index (κ2) is 5.09. The van der Waals surface area contributed by atoms with Crippen LogP contribution in [0.4, 0.5) is 0 Å². The largest absolute Gasteiger partial charge is 0.496 e. The zero-order valence-corrected chi connectivity index (χ0v) is 10.8. The summed E-state index contributed by atoms with van der Waals surface area (Å²) in [6.45, 7) is 1.92. The molecule has 0 radical (unpaired) electrons. The second-order valence-corrected chi connectivity index (χ2v) is 4.42. The van der Waals surface area contributed by atoms with Crippen LogP contribution in [-0.4, -0.2) is 24.6 Å². The van der Waals surface area contributed by atoms with Gasteiger partial charge in [-0.05, 0) is 18.2 Å². The molecule has 1 aromatic carbocycles. The van der Waals surface area contributed by atoms with E-state index in [0.717, 1.165) is 11.3 Å². The van der Waals surface area contributed by atoms with Gasteiger partial charge in [0.1, 0.15) is 5.75 Å². The van der Waals surface area contributed by atoms with Gasteiger partial charge in [0.25, 0.3) is 0 Å². The number of methoxy groups -OCH3 is 1. The van der Waals surface area contributed by atoms with E-state index in [0.29, 0.717) is 17.7 Å². The molecule has 1 aromatic rings. The van der Waals surface area contributed by atoms with Crippen molar-refractivity contribution in [1.82, 2.24) is 5.43 Å². The van der Waals surface area contributed by atoms with E-state index >= 15 is 0 Å². The molecule has 0 bridgehead atoms. The molecular weight excluding hydrogens is 246 g/mol. The van der Waals surface area contributed by atoms with E-state index in [2.05, 4.69) is 10.5 Å². The van der Waals surface area contributed by atoms with Gasteiger partial charge in [-0.15, -0.1) is 0 Å². The van der Waals surface area contributed by atoms with Crippen molar-refractivity contribution in [2.24, 2.45) is 16.8 Å². The van der Waals surface area contributed by atoms with E-state index in [9.17, 15) is 9.59 Å². The Hall–Kier alpha value is -2.37. The molecular formula is C13H15N3O3. The van der Waals surface area contributed by atoms with E-state index in [1.165, 1.54) is 7.11 Å². The van der Waals surface area contributed by atoms with Crippen molar-refractivity contribution in [3.05, 3.63) is 29.3 Å². The summed E-state index contributed by atoms with van der Waals surface area (Å²) in [5, 5.41) is 4.07. The van der Waals surface area contributed by atoms with E-state index in [1.807, 2.05) is 6.92 Å². The zero-order chi connectivity index (χ0) is 14.0. The van der Waals surface area contributed by atoms with Gasteiger partial charge < -0.3 is 10.5 Å². The highest BCUT2D eigenvalue weighted by molar-refractivity contribution is 6.08. The molecule has 0 aliphatic carbocycles. The predicted molar refractivity (Wildman–Crippen MR) is 70.0 cm³/mol. The standard InChI is InChI=1S/C13H15N3O3/c1-7-5-11(17)15-16-12(7)9-4-3-8(13(14)18)6-10(9)19-2/h3-4,6-7H,5H2,1-2H3,(H2,14,18)(H,15,17). The maximum absolute atomic E-state index is 11.2. The summed E-state index contributed by atoms with van der Waals surface area (Å²) in [6, 6.07) is 4.92. The predicted octanol–water partition coefficient (Wildman–Crippen LogP) is 0.654. The fourth-order valence-electron chi connectivity index (χ4n) is 2.03. The Kier molecular flexibility index (Phi) is 3.50. The first-order valence-electron chi connectivity index (χ1n) is 5.87. The topological polar surface area (TPSA) is 93.8 Å². The Morgan fingerprint density at radius 2 is 2.26 bits per heavy atom. The Labute approximate surface area is 110 Å². The summed E-state index contributed by atoms with van der Waals surface area (Å²) >= 11 is 0. The highest BCUT2D eigenvalue weighted by Gasteiger charge is 2.24. The summed E-state index contributed by atoms with van der Waals surface area (Å²) in [6.07, 6.45) is 0.375. The molecule has 1 unspecified atom stereocenters. The number of hydrogen-bond acceptors (Lipinski definition) is 4. The average molecular weight is 261 g/mol. The van der Waals surface area contributed by atoms with Gasteiger partial charge in [-0.25, -0.2) is 5.43 Å². The smallest absolute Gasteiger partial charge is 0.248 e. The maximum Gasteiger partial charge on any atom is 0.248 e. The molecule has 6 heteroatoms. The van der Waals surface area contributed by atoms with Crippen LogP contribution in [0.15, 0.2) is 23.3 Å². The second-order valence-electron chi connectivity index (χ2n) is 4.42. The lowest BCUT2D eigenvalue weighted by atomic mass is 9.93. The molecule has 3 N–H and O–H groups in total. The first kappa shape index (κ1) is 13.1. The first-order valence-corrected chi connectivity index (χ1v) is 5.87. The number of primary amides is 1. The van der Waals surface area contributed by atoms with Crippen LogP contribution in [0.2, 0.25) is 0 Å². The number of hydrazone groups is 1. The quantitative estimate of drug-likeness (QED) is 0.836. The van der Waals surface area contributed by atoms with Crippen LogP contribution >= 0.6 is 0 Å². The number of nitrogens with one attached hydrogen (secondary N) is 1. The Morgan fingerprint density at radius 1 is 1.53 bits per heavy atom. The third-order valence-electron chi connectivity index (χ3n) is 3.02. The lowest BCUT2D eigenvalue weighted by molar-refractivity contribution is -0.121. The van der Waals surface area contributed by atoms with Gasteiger partial charge in [-0.2, -0.15) is 5.10 Å². The van der Waals surface area contributed by atoms with E-state index in [-0.39, 0.29) is 11.8 Å². The minimum atomic E-state index is -0.517. The van der Waals surface area contributed by atoms with Crippen molar-refractivity contribution in [3.63, 3.8) is 0 Å². The molecule has 0 spiro atoms. The molecule has 0 aromatic heterocycles. The van der Waals surface area contributed by atoms with Crippen molar-refractivity contribution >= 4 is 17.5 Å². The number of nitrogens with zero attached hydrogens (tertiary/aromatic N) is 1. The van der Waals surface area contributed by atoms with Crippen molar-refractivity contribution in [3.8, 4) is 5.75 Å². The molecule has 19 heavy (non-hydrogen) atoms. The monoisotopic (exact) mass is 261 g/mol. The lowest BCUT2D eigenvalue weighted by Crippen LogP contribution is -2.32. The SMILES string of the molecule is COc1cc(C(N)=O)ccc1C1=NNC(=O)CC1C. The molecule has 0 saturated carbocycles. The number of carbonyl (C=O) groups is 2. The van der Waals surface area contributed by atoms with Gasteiger partial charge in [0, 0.05) is 23.5 Å². The van der Waals surface area contributed by atoms with Crippen LogP contribution in [0.25, 0.3) is 0 Å². The molecule has 1 heterocycles. The molecule has 6 nitrogen and oxygen atoms in total. The van der Waals surface area contributed by atoms with E-state index < -0.39 is 5.91 Å². The summed E-state index contributed by atoms with van der Waals surface area (Å²) < 4.78 is 5.26. The highest BCUT2D eigenvalue weighted by Crippen LogP contribution is 2.26. The van der Waals surface area contributed by atoms with Gasteiger partial charge >= 0.3 is 0 Å². The molecule has 0 fully saturated rings. The van der Waals surface area contributed by atoms with Crippen molar-refractivity contribution in [2.45, 2.75) is 13.3 Å². The summed E-state index contributed by atoms with van der Waals surface area (Å²) in [4.78, 5) is 22.4. The lowest BCUT2D eigenvalue weighted by Gasteiger charge is -2.20. The molecule has 100 valence electrons. The van der Waals surface area contributed by atoms with Crippen LogP contribution in [0.5, 0.6) is 5.75 Å². The van der Waals surface area contributed by atoms with Crippen LogP contribution in [0, 0.1) is 5.92 Å². The van der Waals surface area contributed by atoms with Gasteiger partial charge in [-0.3, -0.25) is 9.59 Å². The summed E-state index contributed by atoms with van der Waals surface area (Å²) in [5.41, 5.74) is 9.53. The number of amides is 2. The fourth-order valence-corrected chi connectivity index (χ4v) is 2.03. The first-order chi connectivity index (χ1) is 9.02. The van der Waals surface area contributed by atoms with Gasteiger partial charge in [-0.1, -0.05) is 6.92 Å². The summed E-state index contributed by atoms with van der Waals surface area (Å²) in [5.74, 6) is -0.124. The average Bonchev–Trinajstić information content (AvgIpc) is 2.38. The van der Waals surface area contributed by atoms with Gasteiger partial charge in [0.05, 0.1) is 12.8 Å². The fraction of sp³-hybridized carbons (Fsp3) is 0.308. The maximum atomic E-state index is 11.2. The van der Waals surface area contributed by atoms with Crippen LogP contribution in [0.1, 0.15) is 29.3 Å². The van der Waals surface area contributed by atoms with E-state index in [1.54, 1.807) is 18.2 Å². The number of hydrogen-bond donors (Lipinski definition) is 2. The molecule has 2 rings (SSSR count). The van der Waals surface area contributed by atoms with Crippen molar-refractivity contribution in [2.75, 3.05) is 7.11 Å². The minimum Gasteiger partial charge on any atom is -0.496 e. The normalized spacial score (nSPS) is 18.5. The third kappa shape index (κ3) is 2.57. The van der Waals surface area contributed by atoms with Crippen LogP contribution in [0.3, 0.4) is 0 Å². The van der Waals surface area contributed by atoms with Gasteiger partial charge in [0.2, 0.25) is 11.8 Å². The van der Waals surface area contributed by atoms with Crippen LogP contribution in [-0.2, 0) is 4.79 Å². The molecule has 0 saturated heterocycles. The molecule has 1 aliphatic heterocycles. The number of ether oxygens (including phenoxy) is 1. The van der Waals surface area contributed by atoms with Crippen LogP contribution < -0.4 is 15.9 Å². The Morgan fingerprint density at radius 3 is 2.84 bits per heavy atom. The Bertz CT molecular complexity index is 566. The van der Waals surface area contributed by atoms with Crippen molar-refractivity contribution < 1.29 is 14.3 Å². The number of carbonyl (C=O) groups excluding carboxylic acids is 2. The number of nitrogens with two attached hydrogens (primary N) is 1. The number of benzene rings is 1. The third-order valence-corrected chi connectivity index (χ3v) is 3.02. The zero-order valence-electron chi connectivity index (χ0n) is 10.8. The Balaban J connectivity index is 2.45. The minimum absolute atomic E-state index is 0.0120. The summed E-state index contributed by atoms with van der Waals surface area (Å²) in [7, 11) is 1.51. The molecule has 1 atom stereocenters. The van der Waals surface area contributed by atoms with E-state index in [4.69, 9.17) is 10.5 Å². The van der Waals surface area contributed by atoms with Gasteiger partial charge in [0.15, 0.2) is 0 Å². The molecule has 2 amide bonds.